The van der Waals surface area contributed by atoms with Crippen LogP contribution in [0.4, 0.5) is 0 Å². The van der Waals surface area contributed by atoms with E-state index in [2.05, 4.69) is 36.4 Å². The molecule has 4 rings (SSSR count). The molecule has 2 heteroatoms. The molecule has 0 atom stereocenters. The van der Waals surface area contributed by atoms with Crippen molar-refractivity contribution < 1.29 is 9.53 Å². The predicted octanol–water partition coefficient (Wildman–Crippen LogP) is 5.39. The van der Waals surface area contributed by atoms with E-state index in [0.29, 0.717) is 11.3 Å². The number of hydrogen-bond donors (Lipinski definition) is 0. The van der Waals surface area contributed by atoms with Gasteiger partial charge in [0.25, 0.3) is 0 Å². The molecule has 0 unspecified atom stereocenters. The van der Waals surface area contributed by atoms with Gasteiger partial charge in [0.1, 0.15) is 5.75 Å². The molecule has 0 saturated heterocycles. The highest BCUT2D eigenvalue weighted by Gasteiger charge is 2.13. The van der Waals surface area contributed by atoms with Crippen LogP contribution >= 0.6 is 0 Å². The van der Waals surface area contributed by atoms with Gasteiger partial charge in [0.2, 0.25) is 0 Å². The molecule has 0 radical (unpaired) electrons. The molecule has 3 aromatic rings. The molecule has 0 heterocycles. The number of allylic oxidation sites excluding steroid dienone is 1. The minimum atomic E-state index is -0.333. The van der Waals surface area contributed by atoms with Crippen molar-refractivity contribution in [1.29, 1.82) is 0 Å². The quantitative estimate of drug-likeness (QED) is 0.476. The Hall–Kier alpha value is -3.13. The molecule has 0 bridgehead atoms. The van der Waals surface area contributed by atoms with Gasteiger partial charge < -0.3 is 4.74 Å². The Morgan fingerprint density at radius 3 is 2.48 bits per heavy atom. The molecule has 0 aliphatic heterocycles. The van der Waals surface area contributed by atoms with Crippen molar-refractivity contribution in [2.24, 2.45) is 0 Å². The van der Waals surface area contributed by atoms with Crippen molar-refractivity contribution in [2.45, 2.75) is 12.8 Å². The highest BCUT2D eigenvalue weighted by Crippen LogP contribution is 2.31. The fourth-order valence-corrected chi connectivity index (χ4v) is 3.16. The minimum Gasteiger partial charge on any atom is -0.423 e. The summed E-state index contributed by atoms with van der Waals surface area (Å²) in [5, 5.41) is 0. The second-order valence-corrected chi connectivity index (χ2v) is 6.15. The van der Waals surface area contributed by atoms with Gasteiger partial charge in [-0.15, -0.1) is 0 Å². The molecule has 2 nitrogen and oxygen atoms in total. The summed E-state index contributed by atoms with van der Waals surface area (Å²) in [7, 11) is 0. The molecule has 1 aliphatic carbocycles. The highest BCUT2D eigenvalue weighted by atomic mass is 16.5. The average molecular weight is 326 g/mol. The van der Waals surface area contributed by atoms with E-state index in [4.69, 9.17) is 4.74 Å². The Morgan fingerprint density at radius 2 is 1.60 bits per heavy atom. The summed E-state index contributed by atoms with van der Waals surface area (Å²) < 4.78 is 5.54. The monoisotopic (exact) mass is 326 g/mol. The van der Waals surface area contributed by atoms with Gasteiger partial charge in [0.05, 0.1) is 5.56 Å². The molecule has 0 aromatic heterocycles. The number of aryl methyl sites for hydroxylation is 1. The first-order chi connectivity index (χ1) is 12.3. The van der Waals surface area contributed by atoms with E-state index in [-0.39, 0.29) is 5.97 Å². The Bertz CT molecular complexity index is 939. The average Bonchev–Trinajstić information content (AvgIpc) is 2.68. The van der Waals surface area contributed by atoms with E-state index >= 15 is 0 Å². The molecule has 0 N–H and O–H groups in total. The van der Waals surface area contributed by atoms with Crippen molar-refractivity contribution in [1.82, 2.24) is 0 Å². The Balaban J connectivity index is 1.58. The van der Waals surface area contributed by atoms with Crippen molar-refractivity contribution in [2.75, 3.05) is 0 Å². The summed E-state index contributed by atoms with van der Waals surface area (Å²) in [6.45, 7) is 0. The van der Waals surface area contributed by atoms with Crippen LogP contribution in [0, 0.1) is 0 Å². The molecular formula is C23H18O2. The van der Waals surface area contributed by atoms with E-state index in [9.17, 15) is 4.79 Å². The summed E-state index contributed by atoms with van der Waals surface area (Å²) in [5.41, 5.74) is 5.59. The van der Waals surface area contributed by atoms with Crippen LogP contribution in [0.1, 0.15) is 33.5 Å². The van der Waals surface area contributed by atoms with Crippen LogP contribution in [0.15, 0.2) is 78.9 Å². The van der Waals surface area contributed by atoms with Gasteiger partial charge in [0.15, 0.2) is 0 Å². The van der Waals surface area contributed by atoms with Gasteiger partial charge in [-0.1, -0.05) is 60.7 Å². The van der Waals surface area contributed by atoms with Crippen LogP contribution in [-0.2, 0) is 6.42 Å². The zero-order valence-corrected chi connectivity index (χ0v) is 13.8. The highest BCUT2D eigenvalue weighted by molar-refractivity contribution is 5.91. The summed E-state index contributed by atoms with van der Waals surface area (Å²) >= 11 is 0. The number of ether oxygens (including phenoxy) is 1. The lowest BCUT2D eigenvalue weighted by atomic mass is 9.89. The fraction of sp³-hybridized carbons (Fsp3) is 0.0870. The molecule has 0 saturated carbocycles. The maximum absolute atomic E-state index is 12.2. The van der Waals surface area contributed by atoms with E-state index < -0.39 is 0 Å². The van der Waals surface area contributed by atoms with Crippen LogP contribution in [0.5, 0.6) is 5.75 Å². The van der Waals surface area contributed by atoms with E-state index in [1.807, 2.05) is 36.4 Å². The molecule has 3 aromatic carbocycles. The fourth-order valence-electron chi connectivity index (χ4n) is 3.16. The lowest BCUT2D eigenvalue weighted by molar-refractivity contribution is 0.0735. The summed E-state index contributed by atoms with van der Waals surface area (Å²) in [4.78, 5) is 12.2. The lowest BCUT2D eigenvalue weighted by Crippen LogP contribution is -2.08. The largest absolute Gasteiger partial charge is 0.423 e. The van der Waals surface area contributed by atoms with Crippen molar-refractivity contribution in [3.8, 4) is 5.75 Å². The first kappa shape index (κ1) is 15.4. The number of esters is 1. The van der Waals surface area contributed by atoms with Gasteiger partial charge in [-0.05, 0) is 59.4 Å². The van der Waals surface area contributed by atoms with Gasteiger partial charge in [-0.3, -0.25) is 0 Å². The maximum atomic E-state index is 12.2. The maximum Gasteiger partial charge on any atom is 0.343 e. The molecule has 25 heavy (non-hydrogen) atoms. The van der Waals surface area contributed by atoms with Crippen molar-refractivity contribution >= 4 is 17.6 Å². The van der Waals surface area contributed by atoms with Crippen LogP contribution in [0.25, 0.3) is 11.6 Å². The molecule has 0 amide bonds. The lowest BCUT2D eigenvalue weighted by Gasteiger charge is -2.17. The van der Waals surface area contributed by atoms with E-state index in [0.717, 1.165) is 18.4 Å². The topological polar surface area (TPSA) is 26.3 Å². The smallest absolute Gasteiger partial charge is 0.343 e. The van der Waals surface area contributed by atoms with Crippen LogP contribution in [0.3, 0.4) is 0 Å². The second kappa shape index (κ2) is 6.78. The minimum absolute atomic E-state index is 0.333. The molecular weight excluding hydrogens is 308 g/mol. The van der Waals surface area contributed by atoms with Crippen molar-refractivity contribution in [3.63, 3.8) is 0 Å². The Labute approximate surface area is 147 Å². The second-order valence-electron chi connectivity index (χ2n) is 6.15. The number of benzene rings is 3. The standard InChI is InChI=1S/C23H18O2/c24-23(18-8-2-1-3-9-18)25-22-12-6-11-20(16-22)21-14-13-17-7-4-5-10-19(17)15-21/h1-12,15-16H,13-14H2. The van der Waals surface area contributed by atoms with Gasteiger partial charge in [-0.2, -0.15) is 0 Å². The molecule has 0 fully saturated rings. The van der Waals surface area contributed by atoms with Gasteiger partial charge in [0, 0.05) is 0 Å². The summed E-state index contributed by atoms with van der Waals surface area (Å²) in [6, 6.07) is 25.3. The van der Waals surface area contributed by atoms with Crippen LogP contribution in [0.2, 0.25) is 0 Å². The number of fused-ring (bicyclic) bond motifs is 1. The third-order valence-electron chi connectivity index (χ3n) is 4.47. The molecule has 1 aliphatic rings. The number of rotatable bonds is 3. The number of carbonyl (C=O) groups is 1. The van der Waals surface area contributed by atoms with Crippen LogP contribution < -0.4 is 4.74 Å². The van der Waals surface area contributed by atoms with Gasteiger partial charge in [-0.25, -0.2) is 4.79 Å². The van der Waals surface area contributed by atoms with E-state index in [1.54, 1.807) is 12.1 Å². The van der Waals surface area contributed by atoms with Gasteiger partial charge >= 0.3 is 5.97 Å². The Kier molecular flexibility index (Phi) is 4.17. The zero-order valence-electron chi connectivity index (χ0n) is 13.8. The number of carbonyl (C=O) groups excluding carboxylic acids is 1. The third kappa shape index (κ3) is 3.38. The summed E-state index contributed by atoms with van der Waals surface area (Å²) in [6.07, 6.45) is 4.26. The van der Waals surface area contributed by atoms with E-state index in [1.165, 1.54) is 16.7 Å². The SMILES string of the molecule is O=C(Oc1cccc(C2=Cc3ccccc3CC2)c1)c1ccccc1. The molecule has 0 spiro atoms. The normalized spacial score (nSPS) is 12.9. The zero-order chi connectivity index (χ0) is 17.1. The first-order valence-electron chi connectivity index (χ1n) is 8.46. The first-order valence-corrected chi connectivity index (χ1v) is 8.46. The Morgan fingerprint density at radius 1 is 0.800 bits per heavy atom. The molecule has 122 valence electrons. The number of hydrogen-bond acceptors (Lipinski definition) is 2. The predicted molar refractivity (Wildman–Crippen MR) is 100 cm³/mol. The van der Waals surface area contributed by atoms with Crippen molar-refractivity contribution in [3.05, 3.63) is 101 Å². The van der Waals surface area contributed by atoms with Crippen LogP contribution in [-0.4, -0.2) is 5.97 Å². The third-order valence-corrected chi connectivity index (χ3v) is 4.47. The summed E-state index contributed by atoms with van der Waals surface area (Å²) in [5.74, 6) is 0.242.